The van der Waals surface area contributed by atoms with Crippen molar-refractivity contribution in [3.8, 4) is 0 Å². The molecule has 0 bridgehead atoms. The number of nitrogens with one attached hydrogen (secondary N) is 1. The van der Waals surface area contributed by atoms with Crippen LogP contribution in [0.4, 0.5) is 0 Å². The summed E-state index contributed by atoms with van der Waals surface area (Å²) in [6, 6.07) is 0.402. The summed E-state index contributed by atoms with van der Waals surface area (Å²) in [5.41, 5.74) is 0. The summed E-state index contributed by atoms with van der Waals surface area (Å²) in [7, 11) is 1.47. The van der Waals surface area contributed by atoms with Gasteiger partial charge in [-0.3, -0.25) is 4.79 Å². The Balaban J connectivity index is 1.84. The van der Waals surface area contributed by atoms with Gasteiger partial charge >= 0.3 is 5.97 Å². The van der Waals surface area contributed by atoms with Crippen LogP contribution in [0.15, 0.2) is 0 Å². The number of nitrogens with zero attached hydrogens (tertiary/aromatic N) is 1. The number of hydrogen-bond acceptors (Lipinski definition) is 4. The lowest BCUT2D eigenvalue weighted by molar-refractivity contribution is -0.143. The fourth-order valence-corrected chi connectivity index (χ4v) is 2.58. The van der Waals surface area contributed by atoms with Gasteiger partial charge in [0, 0.05) is 19.1 Å². The summed E-state index contributed by atoms with van der Waals surface area (Å²) < 4.78 is 4.88. The second kappa shape index (κ2) is 5.83. The molecule has 0 radical (unpaired) electrons. The number of rotatable bonds is 5. The van der Waals surface area contributed by atoms with Gasteiger partial charge in [-0.05, 0) is 38.1 Å². The topological polar surface area (TPSA) is 41.6 Å². The Hall–Kier alpha value is -0.610. The molecule has 2 unspecified atom stereocenters. The minimum absolute atomic E-state index is 0.116. The van der Waals surface area contributed by atoms with Gasteiger partial charge < -0.3 is 15.0 Å². The molecule has 0 amide bonds. The smallest absolute Gasteiger partial charge is 0.324 e. The molecule has 2 atom stereocenters. The SMILES string of the molecule is COC(=O)C(CN1CCCC(C)C1)NC1CC1. The van der Waals surface area contributed by atoms with Crippen LogP contribution in [-0.2, 0) is 9.53 Å². The fourth-order valence-electron chi connectivity index (χ4n) is 2.58. The monoisotopic (exact) mass is 240 g/mol. The molecule has 1 saturated carbocycles. The highest BCUT2D eigenvalue weighted by Gasteiger charge is 2.31. The zero-order valence-corrected chi connectivity index (χ0v) is 10.9. The maximum atomic E-state index is 11.7. The van der Waals surface area contributed by atoms with E-state index >= 15 is 0 Å². The molecule has 4 nitrogen and oxygen atoms in total. The van der Waals surface area contributed by atoms with Crippen LogP contribution in [0.5, 0.6) is 0 Å². The highest BCUT2D eigenvalue weighted by atomic mass is 16.5. The summed E-state index contributed by atoms with van der Waals surface area (Å²) in [5, 5.41) is 3.39. The van der Waals surface area contributed by atoms with Crippen molar-refractivity contribution in [1.29, 1.82) is 0 Å². The summed E-state index contributed by atoms with van der Waals surface area (Å²) >= 11 is 0. The highest BCUT2D eigenvalue weighted by Crippen LogP contribution is 2.21. The average Bonchev–Trinajstić information content (AvgIpc) is 3.11. The quantitative estimate of drug-likeness (QED) is 0.728. The zero-order chi connectivity index (χ0) is 12.3. The predicted octanol–water partition coefficient (Wildman–Crippen LogP) is 1.01. The van der Waals surface area contributed by atoms with Crippen molar-refractivity contribution in [3.63, 3.8) is 0 Å². The van der Waals surface area contributed by atoms with Crippen molar-refractivity contribution in [1.82, 2.24) is 10.2 Å². The van der Waals surface area contributed by atoms with Crippen LogP contribution in [0.1, 0.15) is 32.6 Å². The van der Waals surface area contributed by atoms with E-state index < -0.39 is 0 Å². The number of esters is 1. The number of carbonyl (C=O) groups is 1. The van der Waals surface area contributed by atoms with E-state index in [0.29, 0.717) is 6.04 Å². The van der Waals surface area contributed by atoms with E-state index in [2.05, 4.69) is 17.1 Å². The average molecular weight is 240 g/mol. The van der Waals surface area contributed by atoms with Crippen molar-refractivity contribution in [3.05, 3.63) is 0 Å². The van der Waals surface area contributed by atoms with Gasteiger partial charge in [0.1, 0.15) is 6.04 Å². The molecule has 17 heavy (non-hydrogen) atoms. The van der Waals surface area contributed by atoms with E-state index in [0.717, 1.165) is 25.6 Å². The third-order valence-electron chi connectivity index (χ3n) is 3.68. The molecule has 0 aromatic carbocycles. The van der Waals surface area contributed by atoms with Gasteiger partial charge in [0.2, 0.25) is 0 Å². The first-order valence-electron chi connectivity index (χ1n) is 6.75. The molecule has 2 fully saturated rings. The molecule has 1 heterocycles. The summed E-state index contributed by atoms with van der Waals surface area (Å²) in [6.07, 6.45) is 4.96. The van der Waals surface area contributed by atoms with Gasteiger partial charge in [0.15, 0.2) is 0 Å². The summed E-state index contributed by atoms with van der Waals surface area (Å²) in [6.45, 7) is 5.31. The zero-order valence-electron chi connectivity index (χ0n) is 10.9. The Bertz CT molecular complexity index is 266. The lowest BCUT2D eigenvalue weighted by atomic mass is 10.00. The van der Waals surface area contributed by atoms with E-state index in [9.17, 15) is 4.79 Å². The lowest BCUT2D eigenvalue weighted by Gasteiger charge is -2.33. The van der Waals surface area contributed by atoms with E-state index in [1.807, 2.05) is 0 Å². The first-order valence-corrected chi connectivity index (χ1v) is 6.75. The first kappa shape index (κ1) is 12.8. The third-order valence-corrected chi connectivity index (χ3v) is 3.68. The molecule has 1 N–H and O–H groups in total. The second-order valence-electron chi connectivity index (χ2n) is 5.52. The van der Waals surface area contributed by atoms with Crippen LogP contribution >= 0.6 is 0 Å². The number of ether oxygens (including phenoxy) is 1. The normalized spacial score (nSPS) is 27.8. The predicted molar refractivity (Wildman–Crippen MR) is 66.8 cm³/mol. The van der Waals surface area contributed by atoms with Crippen LogP contribution in [0.25, 0.3) is 0 Å². The van der Waals surface area contributed by atoms with Crippen LogP contribution in [0, 0.1) is 5.92 Å². The number of hydrogen-bond donors (Lipinski definition) is 1. The molecular weight excluding hydrogens is 216 g/mol. The molecule has 2 aliphatic rings. The Morgan fingerprint density at radius 3 is 2.82 bits per heavy atom. The lowest BCUT2D eigenvalue weighted by Crippen LogP contribution is -2.49. The number of carbonyl (C=O) groups excluding carboxylic acids is 1. The van der Waals surface area contributed by atoms with Crippen LogP contribution in [0.2, 0.25) is 0 Å². The largest absolute Gasteiger partial charge is 0.468 e. The first-order chi connectivity index (χ1) is 8.19. The Kier molecular flexibility index (Phi) is 4.40. The van der Waals surface area contributed by atoms with E-state index in [4.69, 9.17) is 4.74 Å². The molecular formula is C13H24N2O2. The molecule has 4 heteroatoms. The summed E-state index contributed by atoms with van der Waals surface area (Å²) in [4.78, 5) is 14.1. The molecule has 1 saturated heterocycles. The van der Waals surface area contributed by atoms with Crippen LogP contribution < -0.4 is 5.32 Å². The van der Waals surface area contributed by atoms with Crippen molar-refractivity contribution in [2.75, 3.05) is 26.7 Å². The Morgan fingerprint density at radius 2 is 2.24 bits per heavy atom. The molecule has 1 aliphatic carbocycles. The molecule has 0 aromatic heterocycles. The van der Waals surface area contributed by atoms with E-state index in [1.54, 1.807) is 0 Å². The van der Waals surface area contributed by atoms with Crippen LogP contribution in [-0.4, -0.2) is 49.7 Å². The minimum Gasteiger partial charge on any atom is -0.468 e. The van der Waals surface area contributed by atoms with Gasteiger partial charge in [0.25, 0.3) is 0 Å². The highest BCUT2D eigenvalue weighted by molar-refractivity contribution is 5.76. The van der Waals surface area contributed by atoms with E-state index in [1.165, 1.54) is 32.8 Å². The molecule has 98 valence electrons. The molecule has 1 aliphatic heterocycles. The number of likely N-dealkylation sites (tertiary alicyclic amines) is 1. The Morgan fingerprint density at radius 1 is 1.47 bits per heavy atom. The van der Waals surface area contributed by atoms with Gasteiger partial charge in [-0.15, -0.1) is 0 Å². The van der Waals surface area contributed by atoms with Gasteiger partial charge in [0.05, 0.1) is 7.11 Å². The van der Waals surface area contributed by atoms with Crippen LogP contribution in [0.3, 0.4) is 0 Å². The Labute approximate surface area is 104 Å². The fraction of sp³-hybridized carbons (Fsp3) is 0.923. The number of methoxy groups -OCH3 is 1. The molecule has 0 aromatic rings. The standard InChI is InChI=1S/C13H24N2O2/c1-10-4-3-7-15(8-10)9-12(13(16)17-2)14-11-5-6-11/h10-12,14H,3-9H2,1-2H3. The van der Waals surface area contributed by atoms with Crippen molar-refractivity contribution in [2.45, 2.75) is 44.7 Å². The third kappa shape index (κ3) is 3.96. The maximum Gasteiger partial charge on any atom is 0.324 e. The molecule has 2 rings (SSSR count). The summed E-state index contributed by atoms with van der Waals surface area (Å²) in [5.74, 6) is 0.637. The van der Waals surface area contributed by atoms with Crippen molar-refractivity contribution < 1.29 is 9.53 Å². The second-order valence-corrected chi connectivity index (χ2v) is 5.52. The minimum atomic E-state index is -0.141. The molecule has 0 spiro atoms. The van der Waals surface area contributed by atoms with Crippen molar-refractivity contribution in [2.24, 2.45) is 5.92 Å². The van der Waals surface area contributed by atoms with Gasteiger partial charge in [-0.25, -0.2) is 0 Å². The number of piperidine rings is 1. The van der Waals surface area contributed by atoms with Gasteiger partial charge in [-0.1, -0.05) is 6.92 Å². The van der Waals surface area contributed by atoms with Crippen molar-refractivity contribution >= 4 is 5.97 Å². The van der Waals surface area contributed by atoms with Gasteiger partial charge in [-0.2, -0.15) is 0 Å². The van der Waals surface area contributed by atoms with E-state index in [-0.39, 0.29) is 12.0 Å². The maximum absolute atomic E-state index is 11.7.